The Hall–Kier alpha value is -1.26. The second kappa shape index (κ2) is 6.46. The number of likely N-dealkylation sites (tertiary alicyclic amines) is 1. The van der Waals surface area contributed by atoms with Crippen LogP contribution in [0, 0.1) is 11.8 Å². The quantitative estimate of drug-likeness (QED) is 0.835. The van der Waals surface area contributed by atoms with Gasteiger partial charge < -0.3 is 15.3 Å². The molecule has 0 radical (unpaired) electrons. The van der Waals surface area contributed by atoms with E-state index in [1.54, 1.807) is 4.90 Å². The van der Waals surface area contributed by atoms with Crippen molar-refractivity contribution in [2.45, 2.75) is 64.5 Å². The molecule has 1 saturated carbocycles. The fourth-order valence-corrected chi connectivity index (χ4v) is 3.55. The zero-order chi connectivity index (χ0) is 14.7. The predicted molar refractivity (Wildman–Crippen MR) is 76.5 cm³/mol. The number of piperidine rings is 1. The minimum Gasteiger partial charge on any atom is -0.480 e. The maximum absolute atomic E-state index is 12.4. The van der Waals surface area contributed by atoms with E-state index in [9.17, 15) is 14.7 Å². The average Bonchev–Trinajstić information content (AvgIpc) is 2.43. The Morgan fingerprint density at radius 1 is 1.20 bits per heavy atom. The van der Waals surface area contributed by atoms with E-state index >= 15 is 0 Å². The molecule has 2 fully saturated rings. The highest BCUT2D eigenvalue weighted by Gasteiger charge is 2.43. The number of nitrogens with zero attached hydrogens (tertiary/aromatic N) is 1. The highest BCUT2D eigenvalue weighted by atomic mass is 16.4. The number of urea groups is 1. The van der Waals surface area contributed by atoms with Crippen molar-refractivity contribution in [3.8, 4) is 0 Å². The topological polar surface area (TPSA) is 69.6 Å². The summed E-state index contributed by atoms with van der Waals surface area (Å²) >= 11 is 0. The lowest BCUT2D eigenvalue weighted by Gasteiger charge is -2.47. The van der Waals surface area contributed by atoms with Crippen LogP contribution in [0.15, 0.2) is 0 Å². The number of hydrogen-bond donors (Lipinski definition) is 2. The number of amides is 2. The molecule has 5 nitrogen and oxygen atoms in total. The molecule has 1 saturated heterocycles. The van der Waals surface area contributed by atoms with Crippen molar-refractivity contribution in [2.24, 2.45) is 11.8 Å². The van der Waals surface area contributed by atoms with Crippen molar-refractivity contribution in [3.05, 3.63) is 0 Å². The predicted octanol–water partition coefficient (Wildman–Crippen LogP) is 2.46. The molecular formula is C15H26N2O3. The summed E-state index contributed by atoms with van der Waals surface area (Å²) in [4.78, 5) is 25.5. The zero-order valence-corrected chi connectivity index (χ0v) is 12.5. The van der Waals surface area contributed by atoms with Crippen molar-refractivity contribution < 1.29 is 14.7 Å². The Labute approximate surface area is 120 Å². The third-order valence-corrected chi connectivity index (χ3v) is 4.55. The van der Waals surface area contributed by atoms with Crippen LogP contribution in [0.3, 0.4) is 0 Å². The molecule has 1 heterocycles. The molecule has 2 N–H and O–H groups in total. The van der Waals surface area contributed by atoms with E-state index < -0.39 is 12.0 Å². The maximum atomic E-state index is 12.4. The number of carbonyl (C=O) groups is 2. The van der Waals surface area contributed by atoms with Crippen molar-refractivity contribution in [3.63, 3.8) is 0 Å². The van der Waals surface area contributed by atoms with Crippen LogP contribution in [0.5, 0.6) is 0 Å². The molecule has 3 atom stereocenters. The van der Waals surface area contributed by atoms with Crippen LogP contribution >= 0.6 is 0 Å². The fourth-order valence-electron chi connectivity index (χ4n) is 3.55. The zero-order valence-electron chi connectivity index (χ0n) is 12.5. The molecule has 114 valence electrons. The second-order valence-electron chi connectivity index (χ2n) is 6.53. The number of carbonyl (C=O) groups excluding carboxylic acids is 1. The molecule has 0 spiro atoms. The summed E-state index contributed by atoms with van der Waals surface area (Å²) in [5, 5.41) is 12.3. The van der Waals surface area contributed by atoms with Crippen LogP contribution in [0.25, 0.3) is 0 Å². The van der Waals surface area contributed by atoms with E-state index in [2.05, 4.69) is 5.32 Å². The first-order valence-electron chi connectivity index (χ1n) is 7.79. The number of rotatable bonds is 3. The van der Waals surface area contributed by atoms with Crippen molar-refractivity contribution in [1.82, 2.24) is 10.2 Å². The van der Waals surface area contributed by atoms with Crippen LogP contribution < -0.4 is 5.32 Å². The molecule has 2 rings (SSSR count). The van der Waals surface area contributed by atoms with Gasteiger partial charge in [-0.2, -0.15) is 0 Å². The van der Waals surface area contributed by atoms with Gasteiger partial charge in [0, 0.05) is 12.6 Å². The van der Waals surface area contributed by atoms with E-state index in [1.165, 1.54) is 6.42 Å². The van der Waals surface area contributed by atoms with Gasteiger partial charge in [-0.1, -0.05) is 26.7 Å². The van der Waals surface area contributed by atoms with Gasteiger partial charge in [-0.15, -0.1) is 0 Å². The lowest BCUT2D eigenvalue weighted by molar-refractivity contribution is -0.145. The molecule has 0 aromatic rings. The van der Waals surface area contributed by atoms with Crippen molar-refractivity contribution in [2.75, 3.05) is 6.54 Å². The first-order chi connectivity index (χ1) is 9.50. The number of carboxylic acid groups (broad SMARTS) is 1. The molecule has 1 aliphatic heterocycles. The summed E-state index contributed by atoms with van der Waals surface area (Å²) < 4.78 is 0. The number of fused-ring (bicyclic) bond motifs is 1. The molecule has 0 aromatic heterocycles. The summed E-state index contributed by atoms with van der Waals surface area (Å²) in [5.41, 5.74) is 0. The van der Waals surface area contributed by atoms with Crippen LogP contribution in [0.2, 0.25) is 0 Å². The maximum Gasteiger partial charge on any atom is 0.326 e. The third kappa shape index (κ3) is 3.25. The molecule has 20 heavy (non-hydrogen) atoms. The molecule has 2 aliphatic rings. The Morgan fingerprint density at radius 3 is 2.55 bits per heavy atom. The molecular weight excluding hydrogens is 256 g/mol. The molecule has 3 unspecified atom stereocenters. The monoisotopic (exact) mass is 282 g/mol. The van der Waals surface area contributed by atoms with Crippen molar-refractivity contribution in [1.29, 1.82) is 0 Å². The Morgan fingerprint density at radius 2 is 1.90 bits per heavy atom. The lowest BCUT2D eigenvalue weighted by atomic mass is 9.76. The SMILES string of the molecule is CC(C)CNC(=O)N1C(C(=O)O)CCC2CCCCC21. The first kappa shape index (κ1) is 15.1. The summed E-state index contributed by atoms with van der Waals surface area (Å²) in [7, 11) is 0. The molecule has 0 aromatic carbocycles. The van der Waals surface area contributed by atoms with E-state index in [1.807, 2.05) is 13.8 Å². The van der Waals surface area contributed by atoms with Gasteiger partial charge in [0.1, 0.15) is 6.04 Å². The number of carboxylic acids is 1. The first-order valence-corrected chi connectivity index (χ1v) is 7.79. The average molecular weight is 282 g/mol. The van der Waals surface area contributed by atoms with Gasteiger partial charge in [-0.05, 0) is 37.5 Å². The van der Waals surface area contributed by atoms with Crippen LogP contribution in [-0.2, 0) is 4.79 Å². The minimum absolute atomic E-state index is 0.116. The van der Waals surface area contributed by atoms with Gasteiger partial charge in [0.05, 0.1) is 0 Å². The Bertz CT molecular complexity index is 370. The van der Waals surface area contributed by atoms with Gasteiger partial charge in [0.2, 0.25) is 0 Å². The van der Waals surface area contributed by atoms with Crippen molar-refractivity contribution >= 4 is 12.0 Å². The summed E-state index contributed by atoms with van der Waals surface area (Å²) in [6.45, 7) is 4.67. The minimum atomic E-state index is -0.867. The van der Waals surface area contributed by atoms with Gasteiger partial charge in [0.15, 0.2) is 0 Å². The number of aliphatic carboxylic acids is 1. The number of nitrogens with one attached hydrogen (secondary N) is 1. The molecule has 2 amide bonds. The summed E-state index contributed by atoms with van der Waals surface area (Å²) in [6.07, 6.45) is 5.91. The van der Waals surface area contributed by atoms with Crippen LogP contribution in [-0.4, -0.2) is 40.6 Å². The van der Waals surface area contributed by atoms with Crippen LogP contribution in [0.1, 0.15) is 52.4 Å². The largest absolute Gasteiger partial charge is 0.480 e. The van der Waals surface area contributed by atoms with Crippen LogP contribution in [0.4, 0.5) is 4.79 Å². The van der Waals surface area contributed by atoms with Gasteiger partial charge in [0.25, 0.3) is 0 Å². The molecule has 5 heteroatoms. The number of hydrogen-bond acceptors (Lipinski definition) is 2. The van der Waals surface area contributed by atoms with E-state index in [4.69, 9.17) is 0 Å². The molecule has 1 aliphatic carbocycles. The van der Waals surface area contributed by atoms with Gasteiger partial charge in [-0.25, -0.2) is 9.59 Å². The van der Waals surface area contributed by atoms with Gasteiger partial charge in [-0.3, -0.25) is 0 Å². The Balaban J connectivity index is 2.12. The standard InChI is InChI=1S/C15H26N2O3/c1-10(2)9-16-15(20)17-12-6-4-3-5-11(12)7-8-13(17)14(18)19/h10-13H,3-9H2,1-2H3,(H,16,20)(H,18,19). The lowest BCUT2D eigenvalue weighted by Crippen LogP contribution is -2.60. The highest BCUT2D eigenvalue weighted by Crippen LogP contribution is 2.37. The summed E-state index contributed by atoms with van der Waals surface area (Å²) in [6, 6.07) is -0.727. The van der Waals surface area contributed by atoms with E-state index in [-0.39, 0.29) is 12.1 Å². The highest BCUT2D eigenvalue weighted by molar-refractivity contribution is 5.83. The van der Waals surface area contributed by atoms with E-state index in [0.29, 0.717) is 24.8 Å². The normalized spacial score (nSPS) is 29.9. The third-order valence-electron chi connectivity index (χ3n) is 4.55. The molecule has 0 bridgehead atoms. The summed E-state index contributed by atoms with van der Waals surface area (Å²) in [5.74, 6) is -0.00737. The Kier molecular flexibility index (Phi) is 4.89. The van der Waals surface area contributed by atoms with E-state index in [0.717, 1.165) is 25.7 Å². The van der Waals surface area contributed by atoms with Gasteiger partial charge >= 0.3 is 12.0 Å². The fraction of sp³-hybridized carbons (Fsp3) is 0.867. The smallest absolute Gasteiger partial charge is 0.326 e. The second-order valence-corrected chi connectivity index (χ2v) is 6.53.